The molecule has 1 amide bonds. The molecule has 0 aromatic heterocycles. The predicted molar refractivity (Wildman–Crippen MR) is 85.2 cm³/mol. The summed E-state index contributed by atoms with van der Waals surface area (Å²) < 4.78 is 23.3. The molecule has 0 aliphatic carbocycles. The number of hydrogen-bond donors (Lipinski definition) is 3. The van der Waals surface area contributed by atoms with Crippen LogP contribution in [0, 0.1) is 19.8 Å². The average Bonchev–Trinajstić information content (AvgIpc) is 2.42. The molecule has 1 aliphatic heterocycles. The van der Waals surface area contributed by atoms with Gasteiger partial charge in [0.1, 0.15) is 0 Å². The van der Waals surface area contributed by atoms with Crippen molar-refractivity contribution >= 4 is 15.9 Å². The zero-order chi connectivity index (χ0) is 16.5. The van der Waals surface area contributed by atoms with Crippen molar-refractivity contribution in [3.8, 4) is 0 Å². The number of hydrogen-bond acceptors (Lipinski definition) is 4. The Balaban J connectivity index is 2.28. The molecule has 6 nitrogen and oxygen atoms in total. The van der Waals surface area contributed by atoms with Crippen molar-refractivity contribution in [1.82, 2.24) is 10.6 Å². The summed E-state index contributed by atoms with van der Waals surface area (Å²) >= 11 is 0. The van der Waals surface area contributed by atoms with Crippen LogP contribution in [0.5, 0.6) is 0 Å². The molecule has 0 bridgehead atoms. The molecule has 0 saturated carbocycles. The third-order valence-electron chi connectivity index (χ3n) is 4.29. The Morgan fingerprint density at radius 2 is 2.05 bits per heavy atom. The number of nitrogens with one attached hydrogen (secondary N) is 2. The smallest absolute Gasteiger partial charge is 0.251 e. The zero-order valence-electron chi connectivity index (χ0n) is 13.1. The highest BCUT2D eigenvalue weighted by molar-refractivity contribution is 7.89. The fourth-order valence-electron chi connectivity index (χ4n) is 2.73. The second-order valence-corrected chi connectivity index (χ2v) is 7.54. The van der Waals surface area contributed by atoms with Crippen molar-refractivity contribution in [2.24, 2.45) is 11.1 Å². The summed E-state index contributed by atoms with van der Waals surface area (Å²) in [6, 6.07) is 3.15. The lowest BCUT2D eigenvalue weighted by Gasteiger charge is -2.30. The molecule has 0 radical (unpaired) electrons. The van der Waals surface area contributed by atoms with E-state index in [1.54, 1.807) is 19.9 Å². The van der Waals surface area contributed by atoms with Gasteiger partial charge in [-0.25, -0.2) is 13.6 Å². The molecule has 22 heavy (non-hydrogen) atoms. The Morgan fingerprint density at radius 3 is 2.64 bits per heavy atom. The minimum absolute atomic E-state index is 0.0102. The van der Waals surface area contributed by atoms with Crippen molar-refractivity contribution in [3.05, 3.63) is 28.8 Å². The number of amides is 1. The van der Waals surface area contributed by atoms with Gasteiger partial charge in [0.2, 0.25) is 10.0 Å². The maximum Gasteiger partial charge on any atom is 0.251 e. The van der Waals surface area contributed by atoms with Crippen LogP contribution in [0.15, 0.2) is 17.0 Å². The van der Waals surface area contributed by atoms with E-state index in [0.717, 1.165) is 25.1 Å². The van der Waals surface area contributed by atoms with E-state index in [1.165, 1.54) is 6.07 Å². The summed E-state index contributed by atoms with van der Waals surface area (Å²) in [5, 5.41) is 11.5. The number of sulfonamides is 1. The standard InChI is InChI=1S/C15H23N3O3S/c1-9-6-12(7-14(11(9)3)22(16,20)21)15(19)18-13-4-5-17-8-10(13)2/h6-7,10,13,17H,4-5,8H2,1-3H3,(H,18,19)(H2,16,20,21). The molecule has 1 saturated heterocycles. The number of rotatable bonds is 3. The summed E-state index contributed by atoms with van der Waals surface area (Å²) in [4.78, 5) is 12.4. The Bertz CT molecular complexity index is 686. The van der Waals surface area contributed by atoms with E-state index in [1.807, 2.05) is 0 Å². The molecule has 1 aromatic carbocycles. The van der Waals surface area contributed by atoms with Crippen LogP contribution >= 0.6 is 0 Å². The summed E-state index contributed by atoms with van der Waals surface area (Å²) in [6.07, 6.45) is 0.861. The van der Waals surface area contributed by atoms with Gasteiger partial charge in [-0.3, -0.25) is 4.79 Å². The Kier molecular flexibility index (Phi) is 4.89. The fraction of sp³-hybridized carbons (Fsp3) is 0.533. The maximum absolute atomic E-state index is 12.4. The lowest BCUT2D eigenvalue weighted by molar-refractivity contribution is 0.0914. The van der Waals surface area contributed by atoms with E-state index in [4.69, 9.17) is 5.14 Å². The molecule has 1 fully saturated rings. The molecule has 2 atom stereocenters. The van der Waals surface area contributed by atoms with Crippen molar-refractivity contribution in [3.63, 3.8) is 0 Å². The average molecular weight is 325 g/mol. The molecule has 1 heterocycles. The summed E-state index contributed by atoms with van der Waals surface area (Å²) in [5.41, 5.74) is 1.64. The highest BCUT2D eigenvalue weighted by Gasteiger charge is 2.24. The second-order valence-electron chi connectivity index (χ2n) is 6.01. The molecule has 7 heteroatoms. The summed E-state index contributed by atoms with van der Waals surface area (Å²) in [5.74, 6) is 0.0775. The fourth-order valence-corrected chi connectivity index (χ4v) is 3.61. The minimum atomic E-state index is -3.85. The van der Waals surface area contributed by atoms with E-state index >= 15 is 0 Å². The molecule has 1 aliphatic rings. The van der Waals surface area contributed by atoms with Gasteiger partial charge >= 0.3 is 0 Å². The van der Waals surface area contributed by atoms with Crippen LogP contribution in [-0.2, 0) is 10.0 Å². The number of benzene rings is 1. The van der Waals surface area contributed by atoms with Gasteiger partial charge < -0.3 is 10.6 Å². The SMILES string of the molecule is Cc1cc(C(=O)NC2CCNCC2C)cc(S(N)(=O)=O)c1C. The van der Waals surface area contributed by atoms with Crippen LogP contribution < -0.4 is 15.8 Å². The van der Waals surface area contributed by atoms with E-state index < -0.39 is 10.0 Å². The molecule has 1 aromatic rings. The number of carbonyl (C=O) groups excluding carboxylic acids is 1. The first-order valence-corrected chi connectivity index (χ1v) is 8.90. The number of piperidine rings is 1. The van der Waals surface area contributed by atoms with Crippen LogP contribution in [0.4, 0.5) is 0 Å². The lowest BCUT2D eigenvalue weighted by atomic mass is 9.95. The molecular formula is C15H23N3O3S. The summed E-state index contributed by atoms with van der Waals surface area (Å²) in [6.45, 7) is 7.26. The van der Waals surface area contributed by atoms with Crippen molar-refractivity contribution in [1.29, 1.82) is 0 Å². The number of primary sulfonamides is 1. The highest BCUT2D eigenvalue weighted by Crippen LogP contribution is 2.20. The number of nitrogens with two attached hydrogens (primary N) is 1. The zero-order valence-corrected chi connectivity index (χ0v) is 14.0. The highest BCUT2D eigenvalue weighted by atomic mass is 32.2. The number of aryl methyl sites for hydroxylation is 1. The maximum atomic E-state index is 12.4. The predicted octanol–water partition coefficient (Wildman–Crippen LogP) is 0.679. The van der Waals surface area contributed by atoms with Crippen LogP contribution in [0.3, 0.4) is 0 Å². The Labute approximate surface area is 131 Å². The third kappa shape index (κ3) is 3.66. The Hall–Kier alpha value is -1.44. The molecule has 0 spiro atoms. The van der Waals surface area contributed by atoms with Crippen molar-refractivity contribution in [2.45, 2.75) is 38.1 Å². The second kappa shape index (κ2) is 6.36. The van der Waals surface area contributed by atoms with Gasteiger partial charge in [-0.2, -0.15) is 0 Å². The molecule has 2 unspecified atom stereocenters. The first-order valence-electron chi connectivity index (χ1n) is 7.35. The quantitative estimate of drug-likeness (QED) is 0.760. The van der Waals surface area contributed by atoms with E-state index in [-0.39, 0.29) is 16.8 Å². The van der Waals surface area contributed by atoms with E-state index in [9.17, 15) is 13.2 Å². The van der Waals surface area contributed by atoms with Crippen LogP contribution in [0.1, 0.15) is 34.8 Å². The molecule has 4 N–H and O–H groups in total. The topological polar surface area (TPSA) is 101 Å². The van der Waals surface area contributed by atoms with E-state index in [0.29, 0.717) is 17.0 Å². The van der Waals surface area contributed by atoms with Gasteiger partial charge in [0, 0.05) is 11.6 Å². The van der Waals surface area contributed by atoms with Gasteiger partial charge in [-0.05, 0) is 62.5 Å². The first-order chi connectivity index (χ1) is 10.2. The van der Waals surface area contributed by atoms with Crippen molar-refractivity contribution in [2.75, 3.05) is 13.1 Å². The van der Waals surface area contributed by atoms with Gasteiger partial charge in [0.15, 0.2) is 0 Å². The Morgan fingerprint density at radius 1 is 1.36 bits per heavy atom. The van der Waals surface area contributed by atoms with Crippen LogP contribution in [0.25, 0.3) is 0 Å². The van der Waals surface area contributed by atoms with Crippen LogP contribution in [-0.4, -0.2) is 33.5 Å². The largest absolute Gasteiger partial charge is 0.349 e. The van der Waals surface area contributed by atoms with Gasteiger partial charge in [0.25, 0.3) is 5.91 Å². The van der Waals surface area contributed by atoms with Crippen molar-refractivity contribution < 1.29 is 13.2 Å². The first kappa shape index (κ1) is 16.9. The third-order valence-corrected chi connectivity index (χ3v) is 5.33. The molecular weight excluding hydrogens is 302 g/mol. The van der Waals surface area contributed by atoms with Gasteiger partial charge in [0.05, 0.1) is 4.90 Å². The molecule has 2 rings (SSSR count). The summed E-state index contributed by atoms with van der Waals surface area (Å²) in [7, 11) is -3.85. The monoisotopic (exact) mass is 325 g/mol. The van der Waals surface area contributed by atoms with Gasteiger partial charge in [-0.15, -0.1) is 0 Å². The normalized spacial score (nSPS) is 22.4. The van der Waals surface area contributed by atoms with Gasteiger partial charge in [-0.1, -0.05) is 6.92 Å². The lowest BCUT2D eigenvalue weighted by Crippen LogP contribution is -2.48. The minimum Gasteiger partial charge on any atom is -0.349 e. The molecule has 122 valence electrons. The van der Waals surface area contributed by atoms with E-state index in [2.05, 4.69) is 17.6 Å². The van der Waals surface area contributed by atoms with Crippen LogP contribution in [0.2, 0.25) is 0 Å². The number of carbonyl (C=O) groups is 1.